The lowest BCUT2D eigenvalue weighted by Crippen LogP contribution is -2.21. The second kappa shape index (κ2) is 9.96. The van der Waals surface area contributed by atoms with Crippen molar-refractivity contribution >= 4 is 11.6 Å². The van der Waals surface area contributed by atoms with Crippen molar-refractivity contribution in [3.05, 3.63) is 59.8 Å². The molecule has 0 spiro atoms. The Kier molecular flexibility index (Phi) is 7.12. The van der Waals surface area contributed by atoms with Crippen LogP contribution in [0.4, 0.5) is 5.69 Å². The number of aromatic nitrogens is 2. The number of nitrogens with one attached hydrogen (secondary N) is 2. The molecule has 0 fully saturated rings. The Bertz CT molecular complexity index is 983. The number of benzene rings is 2. The molecule has 1 heterocycles. The van der Waals surface area contributed by atoms with Gasteiger partial charge in [0.05, 0.1) is 31.5 Å². The molecule has 158 valence electrons. The monoisotopic (exact) mass is 407 g/mol. The largest absolute Gasteiger partial charge is 0.493 e. The Labute approximate surface area is 177 Å². The van der Waals surface area contributed by atoms with Gasteiger partial charge in [-0.15, -0.1) is 0 Å². The van der Waals surface area contributed by atoms with Gasteiger partial charge in [0, 0.05) is 5.56 Å². The van der Waals surface area contributed by atoms with Crippen LogP contribution in [0.25, 0.3) is 11.3 Å². The molecule has 0 saturated heterocycles. The number of aryl methyl sites for hydroxylation is 1. The van der Waals surface area contributed by atoms with Gasteiger partial charge < -0.3 is 14.8 Å². The maximum atomic E-state index is 13.2. The maximum Gasteiger partial charge on any atom is 0.232 e. The van der Waals surface area contributed by atoms with Crippen molar-refractivity contribution < 1.29 is 14.3 Å². The van der Waals surface area contributed by atoms with E-state index in [2.05, 4.69) is 22.4 Å². The molecule has 0 bridgehead atoms. The first-order valence-electron chi connectivity index (χ1n) is 10.3. The van der Waals surface area contributed by atoms with E-state index < -0.39 is 0 Å². The lowest BCUT2D eigenvalue weighted by molar-refractivity contribution is -0.117. The number of methoxy groups -OCH3 is 2. The van der Waals surface area contributed by atoms with Crippen molar-refractivity contribution in [3.8, 4) is 22.8 Å². The van der Waals surface area contributed by atoms with Crippen LogP contribution in [0.3, 0.4) is 0 Å². The zero-order valence-corrected chi connectivity index (χ0v) is 18.0. The van der Waals surface area contributed by atoms with Crippen molar-refractivity contribution in [3.63, 3.8) is 0 Å². The zero-order valence-electron chi connectivity index (χ0n) is 18.0. The fourth-order valence-corrected chi connectivity index (χ4v) is 3.60. The van der Waals surface area contributed by atoms with Gasteiger partial charge in [-0.2, -0.15) is 5.10 Å². The van der Waals surface area contributed by atoms with Gasteiger partial charge in [0.1, 0.15) is 5.69 Å². The van der Waals surface area contributed by atoms with Gasteiger partial charge in [-0.05, 0) is 36.6 Å². The molecule has 2 N–H and O–H groups in total. The predicted molar refractivity (Wildman–Crippen MR) is 119 cm³/mol. The average Bonchev–Trinajstić information content (AvgIpc) is 3.17. The van der Waals surface area contributed by atoms with Gasteiger partial charge in [0.25, 0.3) is 0 Å². The standard InChI is InChI=1S/C24H29N3O3/c1-5-10-19-23(25-24(28)18(6-2)16-11-8-7-9-12-16)22(27-26-19)17-13-14-20(29-3)21(15-17)30-4/h7-9,11-15,18H,5-6,10H2,1-4H3,(H,25,28)(H,26,27)/t18-/m0/s1. The fraction of sp³-hybridized carbons (Fsp3) is 0.333. The molecule has 0 saturated carbocycles. The number of anilines is 1. The smallest absolute Gasteiger partial charge is 0.232 e. The van der Waals surface area contributed by atoms with E-state index in [-0.39, 0.29) is 11.8 Å². The molecular weight excluding hydrogens is 378 g/mol. The Hall–Kier alpha value is -3.28. The summed E-state index contributed by atoms with van der Waals surface area (Å²) in [5.41, 5.74) is 4.18. The van der Waals surface area contributed by atoms with Gasteiger partial charge in [0.2, 0.25) is 5.91 Å². The first kappa shape index (κ1) is 21.4. The molecule has 2 aromatic carbocycles. The summed E-state index contributed by atoms with van der Waals surface area (Å²) in [6.07, 6.45) is 2.44. The molecule has 0 radical (unpaired) electrons. The highest BCUT2D eigenvalue weighted by Crippen LogP contribution is 2.36. The van der Waals surface area contributed by atoms with E-state index >= 15 is 0 Å². The van der Waals surface area contributed by atoms with Crippen LogP contribution >= 0.6 is 0 Å². The van der Waals surface area contributed by atoms with Crippen LogP contribution in [-0.4, -0.2) is 30.3 Å². The van der Waals surface area contributed by atoms with E-state index in [0.29, 0.717) is 23.6 Å². The van der Waals surface area contributed by atoms with Crippen LogP contribution < -0.4 is 14.8 Å². The first-order chi connectivity index (χ1) is 14.6. The number of nitrogens with zero attached hydrogens (tertiary/aromatic N) is 1. The Morgan fingerprint density at radius 1 is 1.07 bits per heavy atom. The van der Waals surface area contributed by atoms with E-state index in [9.17, 15) is 4.79 Å². The number of hydrogen-bond acceptors (Lipinski definition) is 4. The van der Waals surface area contributed by atoms with Crippen molar-refractivity contribution in [1.82, 2.24) is 10.2 Å². The quantitative estimate of drug-likeness (QED) is 0.512. The molecule has 30 heavy (non-hydrogen) atoms. The molecule has 1 amide bonds. The average molecular weight is 408 g/mol. The van der Waals surface area contributed by atoms with Crippen molar-refractivity contribution in [1.29, 1.82) is 0 Å². The van der Waals surface area contributed by atoms with Crippen molar-refractivity contribution in [2.75, 3.05) is 19.5 Å². The lowest BCUT2D eigenvalue weighted by atomic mass is 9.95. The highest BCUT2D eigenvalue weighted by molar-refractivity contribution is 5.99. The lowest BCUT2D eigenvalue weighted by Gasteiger charge is -2.16. The summed E-state index contributed by atoms with van der Waals surface area (Å²) in [6.45, 7) is 4.12. The summed E-state index contributed by atoms with van der Waals surface area (Å²) < 4.78 is 10.8. The molecule has 6 heteroatoms. The number of aromatic amines is 1. The van der Waals surface area contributed by atoms with Crippen LogP contribution in [0, 0.1) is 0 Å². The van der Waals surface area contributed by atoms with E-state index in [1.54, 1.807) is 14.2 Å². The molecule has 3 aromatic rings. The van der Waals surface area contributed by atoms with E-state index in [1.807, 2.05) is 55.5 Å². The van der Waals surface area contributed by atoms with Crippen LogP contribution in [-0.2, 0) is 11.2 Å². The molecule has 1 aromatic heterocycles. The van der Waals surface area contributed by atoms with Crippen LogP contribution in [0.2, 0.25) is 0 Å². The van der Waals surface area contributed by atoms with E-state index in [0.717, 1.165) is 35.3 Å². The Morgan fingerprint density at radius 2 is 1.80 bits per heavy atom. The van der Waals surface area contributed by atoms with Gasteiger partial charge >= 0.3 is 0 Å². The van der Waals surface area contributed by atoms with Gasteiger partial charge in [0.15, 0.2) is 11.5 Å². The third kappa shape index (κ3) is 4.48. The molecular formula is C24H29N3O3. The number of rotatable bonds is 9. The van der Waals surface area contributed by atoms with E-state index in [4.69, 9.17) is 9.47 Å². The minimum Gasteiger partial charge on any atom is -0.493 e. The second-order valence-corrected chi connectivity index (χ2v) is 7.11. The molecule has 0 aliphatic heterocycles. The summed E-state index contributed by atoms with van der Waals surface area (Å²) in [5.74, 6) is 0.993. The summed E-state index contributed by atoms with van der Waals surface area (Å²) in [7, 11) is 3.20. The third-order valence-corrected chi connectivity index (χ3v) is 5.17. The molecule has 1 atom stereocenters. The summed E-state index contributed by atoms with van der Waals surface area (Å²) >= 11 is 0. The highest BCUT2D eigenvalue weighted by atomic mass is 16.5. The number of ether oxygens (including phenoxy) is 2. The fourth-order valence-electron chi connectivity index (χ4n) is 3.60. The minimum absolute atomic E-state index is 0.0378. The number of carbonyl (C=O) groups excluding carboxylic acids is 1. The highest BCUT2D eigenvalue weighted by Gasteiger charge is 2.23. The van der Waals surface area contributed by atoms with Crippen molar-refractivity contribution in [2.45, 2.75) is 39.0 Å². The van der Waals surface area contributed by atoms with Crippen LogP contribution in [0.5, 0.6) is 11.5 Å². The van der Waals surface area contributed by atoms with Crippen LogP contribution in [0.15, 0.2) is 48.5 Å². The third-order valence-electron chi connectivity index (χ3n) is 5.17. The normalized spacial score (nSPS) is 11.7. The van der Waals surface area contributed by atoms with Gasteiger partial charge in [-0.1, -0.05) is 50.6 Å². The van der Waals surface area contributed by atoms with Crippen molar-refractivity contribution in [2.24, 2.45) is 0 Å². The summed E-state index contributed by atoms with van der Waals surface area (Å²) in [5, 5.41) is 10.8. The first-order valence-corrected chi connectivity index (χ1v) is 10.3. The molecule has 0 aliphatic carbocycles. The van der Waals surface area contributed by atoms with E-state index in [1.165, 1.54) is 0 Å². The summed E-state index contributed by atoms with van der Waals surface area (Å²) in [6, 6.07) is 15.5. The number of H-pyrrole nitrogens is 1. The Balaban J connectivity index is 1.98. The second-order valence-electron chi connectivity index (χ2n) is 7.11. The molecule has 6 nitrogen and oxygen atoms in total. The van der Waals surface area contributed by atoms with Gasteiger partial charge in [-0.25, -0.2) is 0 Å². The van der Waals surface area contributed by atoms with Gasteiger partial charge in [-0.3, -0.25) is 9.89 Å². The molecule has 0 aliphatic rings. The number of amides is 1. The maximum absolute atomic E-state index is 13.2. The predicted octanol–water partition coefficient (Wildman–Crippen LogP) is 5.18. The Morgan fingerprint density at radius 3 is 2.43 bits per heavy atom. The molecule has 0 unspecified atom stereocenters. The zero-order chi connectivity index (χ0) is 21.5. The summed E-state index contributed by atoms with van der Waals surface area (Å²) in [4.78, 5) is 13.2. The topological polar surface area (TPSA) is 76.2 Å². The SMILES string of the molecule is CCCc1[nH]nc(-c2ccc(OC)c(OC)c2)c1NC(=O)[C@@H](CC)c1ccccc1. The van der Waals surface area contributed by atoms with Crippen LogP contribution in [0.1, 0.15) is 43.9 Å². The number of carbonyl (C=O) groups is 1. The minimum atomic E-state index is -0.228. The number of hydrogen-bond donors (Lipinski definition) is 2. The molecule has 3 rings (SSSR count).